The molecule has 104 valence electrons. The molecule has 19 heavy (non-hydrogen) atoms. The van der Waals surface area contributed by atoms with Crippen molar-refractivity contribution in [3.05, 3.63) is 23.4 Å². The predicted octanol–water partition coefficient (Wildman–Crippen LogP) is 2.69. The fraction of sp³-hybridized carbons (Fsp3) is 0.600. The van der Waals surface area contributed by atoms with E-state index < -0.39 is 0 Å². The summed E-state index contributed by atoms with van der Waals surface area (Å²) in [7, 11) is 0. The second kappa shape index (κ2) is 6.04. The lowest BCUT2D eigenvalue weighted by molar-refractivity contribution is 0.0756. The molecule has 0 saturated heterocycles. The zero-order valence-electron chi connectivity index (χ0n) is 12.1. The molecule has 0 atom stereocenters. The number of amides is 1. The van der Waals surface area contributed by atoms with E-state index in [-0.39, 0.29) is 5.91 Å². The van der Waals surface area contributed by atoms with E-state index in [0.29, 0.717) is 0 Å². The standard InChI is InChI=1S/C15H23N3O/c1-4-16-14-9-13(8-11(3)17-14)15(19)18(5-2)10-12-6-7-12/h8-9,12H,4-7,10H2,1-3H3,(H,16,17). The summed E-state index contributed by atoms with van der Waals surface area (Å²) >= 11 is 0. The van der Waals surface area contributed by atoms with Gasteiger partial charge in [0, 0.05) is 30.9 Å². The second-order valence-electron chi connectivity index (χ2n) is 5.20. The SMILES string of the molecule is CCNc1cc(C(=O)N(CC)CC2CC2)cc(C)n1. The van der Waals surface area contributed by atoms with Crippen molar-refractivity contribution in [1.82, 2.24) is 9.88 Å². The normalized spacial score (nSPS) is 14.3. The van der Waals surface area contributed by atoms with Gasteiger partial charge in [0.15, 0.2) is 0 Å². The van der Waals surface area contributed by atoms with Crippen molar-refractivity contribution in [2.45, 2.75) is 33.6 Å². The van der Waals surface area contributed by atoms with Crippen LogP contribution in [0.15, 0.2) is 12.1 Å². The summed E-state index contributed by atoms with van der Waals surface area (Å²) < 4.78 is 0. The molecule has 0 bridgehead atoms. The average molecular weight is 261 g/mol. The van der Waals surface area contributed by atoms with Crippen molar-refractivity contribution in [2.75, 3.05) is 25.0 Å². The minimum atomic E-state index is 0.124. The number of pyridine rings is 1. The number of carbonyl (C=O) groups excluding carboxylic acids is 1. The van der Waals surface area contributed by atoms with E-state index in [1.165, 1.54) is 12.8 Å². The van der Waals surface area contributed by atoms with E-state index in [1.807, 2.05) is 37.8 Å². The fourth-order valence-electron chi connectivity index (χ4n) is 2.21. The van der Waals surface area contributed by atoms with Gasteiger partial charge in [0.25, 0.3) is 5.91 Å². The van der Waals surface area contributed by atoms with Crippen LogP contribution >= 0.6 is 0 Å². The van der Waals surface area contributed by atoms with Crippen molar-refractivity contribution in [3.8, 4) is 0 Å². The molecule has 1 heterocycles. The molecular formula is C15H23N3O. The highest BCUT2D eigenvalue weighted by Crippen LogP contribution is 2.30. The Morgan fingerprint density at radius 1 is 1.42 bits per heavy atom. The first-order chi connectivity index (χ1) is 9.13. The van der Waals surface area contributed by atoms with Gasteiger partial charge in [-0.25, -0.2) is 4.98 Å². The van der Waals surface area contributed by atoms with E-state index in [2.05, 4.69) is 10.3 Å². The van der Waals surface area contributed by atoms with Crippen LogP contribution < -0.4 is 5.32 Å². The molecule has 1 saturated carbocycles. The molecule has 4 heteroatoms. The van der Waals surface area contributed by atoms with Crippen LogP contribution in [0.1, 0.15) is 42.7 Å². The third-order valence-corrected chi connectivity index (χ3v) is 3.40. The molecule has 0 spiro atoms. The zero-order valence-corrected chi connectivity index (χ0v) is 12.1. The Labute approximate surface area is 115 Å². The number of aromatic nitrogens is 1. The van der Waals surface area contributed by atoms with Crippen LogP contribution in [0.3, 0.4) is 0 Å². The van der Waals surface area contributed by atoms with Crippen molar-refractivity contribution in [1.29, 1.82) is 0 Å². The molecular weight excluding hydrogens is 238 g/mol. The van der Waals surface area contributed by atoms with Crippen LogP contribution in [-0.4, -0.2) is 35.4 Å². The highest BCUT2D eigenvalue weighted by molar-refractivity contribution is 5.95. The largest absolute Gasteiger partial charge is 0.370 e. The molecule has 0 aromatic carbocycles. The van der Waals surface area contributed by atoms with Gasteiger partial charge in [-0.15, -0.1) is 0 Å². The quantitative estimate of drug-likeness (QED) is 0.856. The predicted molar refractivity (Wildman–Crippen MR) is 77.4 cm³/mol. The first-order valence-electron chi connectivity index (χ1n) is 7.15. The number of rotatable bonds is 6. The van der Waals surface area contributed by atoms with Crippen LogP contribution in [0.2, 0.25) is 0 Å². The summed E-state index contributed by atoms with van der Waals surface area (Å²) in [5.74, 6) is 1.63. The van der Waals surface area contributed by atoms with E-state index in [4.69, 9.17) is 0 Å². The second-order valence-corrected chi connectivity index (χ2v) is 5.20. The first-order valence-corrected chi connectivity index (χ1v) is 7.15. The highest BCUT2D eigenvalue weighted by atomic mass is 16.2. The van der Waals surface area contributed by atoms with Crippen molar-refractivity contribution >= 4 is 11.7 Å². The monoisotopic (exact) mass is 261 g/mol. The molecule has 2 rings (SSSR count). The fourth-order valence-corrected chi connectivity index (χ4v) is 2.21. The molecule has 1 aliphatic rings. The molecule has 1 aromatic heterocycles. The van der Waals surface area contributed by atoms with Crippen LogP contribution in [0.5, 0.6) is 0 Å². The van der Waals surface area contributed by atoms with Gasteiger partial charge in [0.1, 0.15) is 5.82 Å². The summed E-state index contributed by atoms with van der Waals surface area (Å²) in [6.07, 6.45) is 2.53. The number of hydrogen-bond acceptors (Lipinski definition) is 3. The van der Waals surface area contributed by atoms with Gasteiger partial charge in [-0.3, -0.25) is 4.79 Å². The van der Waals surface area contributed by atoms with Gasteiger partial charge in [-0.1, -0.05) is 0 Å². The van der Waals surface area contributed by atoms with E-state index in [9.17, 15) is 4.79 Å². The van der Waals surface area contributed by atoms with Crippen LogP contribution in [0.25, 0.3) is 0 Å². The molecule has 1 fully saturated rings. The van der Waals surface area contributed by atoms with Crippen LogP contribution in [0, 0.1) is 12.8 Å². The topological polar surface area (TPSA) is 45.2 Å². The maximum absolute atomic E-state index is 12.5. The van der Waals surface area contributed by atoms with Crippen molar-refractivity contribution in [3.63, 3.8) is 0 Å². The van der Waals surface area contributed by atoms with Crippen molar-refractivity contribution in [2.24, 2.45) is 5.92 Å². The Morgan fingerprint density at radius 2 is 2.16 bits per heavy atom. The maximum atomic E-state index is 12.5. The lowest BCUT2D eigenvalue weighted by Crippen LogP contribution is -2.32. The average Bonchev–Trinajstić information content (AvgIpc) is 3.19. The van der Waals surface area contributed by atoms with Crippen molar-refractivity contribution < 1.29 is 4.79 Å². The molecule has 1 aliphatic carbocycles. The van der Waals surface area contributed by atoms with Gasteiger partial charge >= 0.3 is 0 Å². The van der Waals surface area contributed by atoms with Gasteiger partial charge in [-0.2, -0.15) is 0 Å². The summed E-state index contributed by atoms with van der Waals surface area (Å²) in [5, 5.41) is 3.17. The summed E-state index contributed by atoms with van der Waals surface area (Å²) in [6.45, 7) is 8.47. The number of anilines is 1. The Hall–Kier alpha value is -1.58. The number of carbonyl (C=O) groups is 1. The molecule has 1 aromatic rings. The lowest BCUT2D eigenvalue weighted by Gasteiger charge is -2.21. The van der Waals surface area contributed by atoms with Crippen LogP contribution in [0.4, 0.5) is 5.82 Å². The summed E-state index contributed by atoms with van der Waals surface area (Å²) in [5.41, 5.74) is 1.62. The van der Waals surface area contributed by atoms with Gasteiger partial charge in [0.2, 0.25) is 0 Å². The maximum Gasteiger partial charge on any atom is 0.254 e. The third kappa shape index (κ3) is 3.69. The number of nitrogens with one attached hydrogen (secondary N) is 1. The van der Waals surface area contributed by atoms with Gasteiger partial charge in [-0.05, 0) is 51.7 Å². The third-order valence-electron chi connectivity index (χ3n) is 3.40. The number of aryl methyl sites for hydroxylation is 1. The lowest BCUT2D eigenvalue weighted by atomic mass is 10.2. The Morgan fingerprint density at radius 3 is 2.74 bits per heavy atom. The first kappa shape index (κ1) is 13.8. The molecule has 0 unspecified atom stereocenters. The van der Waals surface area contributed by atoms with Crippen LogP contribution in [-0.2, 0) is 0 Å². The smallest absolute Gasteiger partial charge is 0.254 e. The van der Waals surface area contributed by atoms with Gasteiger partial charge in [0.05, 0.1) is 0 Å². The minimum absolute atomic E-state index is 0.124. The Balaban J connectivity index is 2.15. The molecule has 1 amide bonds. The zero-order chi connectivity index (χ0) is 13.8. The van der Waals surface area contributed by atoms with E-state index >= 15 is 0 Å². The summed E-state index contributed by atoms with van der Waals surface area (Å²) in [4.78, 5) is 18.8. The molecule has 0 radical (unpaired) electrons. The molecule has 1 N–H and O–H groups in total. The van der Waals surface area contributed by atoms with Gasteiger partial charge < -0.3 is 10.2 Å². The minimum Gasteiger partial charge on any atom is -0.370 e. The summed E-state index contributed by atoms with van der Waals surface area (Å²) in [6, 6.07) is 3.73. The Bertz CT molecular complexity index is 455. The molecule has 0 aliphatic heterocycles. The highest BCUT2D eigenvalue weighted by Gasteiger charge is 2.26. The number of hydrogen-bond donors (Lipinski definition) is 1. The molecule has 4 nitrogen and oxygen atoms in total. The number of nitrogens with zero attached hydrogens (tertiary/aromatic N) is 2. The Kier molecular flexibility index (Phi) is 4.40. The van der Waals surface area contributed by atoms with E-state index in [1.54, 1.807) is 0 Å². The van der Waals surface area contributed by atoms with E-state index in [0.717, 1.165) is 42.6 Å².